The van der Waals surface area contributed by atoms with Gasteiger partial charge in [0.2, 0.25) is 10.0 Å². The third kappa shape index (κ3) is 4.67. The Kier molecular flexibility index (Phi) is 5.64. The SMILES string of the molecule is CCNS(=O)(=O)CCNC(C)c1nccnc1C. The molecule has 1 heterocycles. The summed E-state index contributed by atoms with van der Waals surface area (Å²) in [6.07, 6.45) is 3.27. The quantitative estimate of drug-likeness (QED) is 0.749. The van der Waals surface area contributed by atoms with Crippen molar-refractivity contribution < 1.29 is 8.42 Å². The topological polar surface area (TPSA) is 84.0 Å². The Hall–Kier alpha value is -1.05. The van der Waals surface area contributed by atoms with Crippen molar-refractivity contribution in [1.82, 2.24) is 20.0 Å². The van der Waals surface area contributed by atoms with E-state index in [1.54, 1.807) is 19.3 Å². The number of nitrogens with zero attached hydrogens (tertiary/aromatic N) is 2. The maximum atomic E-state index is 11.4. The summed E-state index contributed by atoms with van der Waals surface area (Å²) < 4.78 is 25.3. The highest BCUT2D eigenvalue weighted by Gasteiger charge is 2.12. The summed E-state index contributed by atoms with van der Waals surface area (Å²) >= 11 is 0. The Morgan fingerprint density at radius 1 is 1.33 bits per heavy atom. The van der Waals surface area contributed by atoms with Crippen molar-refractivity contribution in [1.29, 1.82) is 0 Å². The predicted octanol–water partition coefficient (Wildman–Crippen LogP) is 0.375. The predicted molar refractivity (Wildman–Crippen MR) is 70.7 cm³/mol. The van der Waals surface area contributed by atoms with Gasteiger partial charge >= 0.3 is 0 Å². The zero-order chi connectivity index (χ0) is 13.6. The van der Waals surface area contributed by atoms with Gasteiger partial charge in [0.15, 0.2) is 0 Å². The summed E-state index contributed by atoms with van der Waals surface area (Å²) in [6, 6.07) is -0.0180. The summed E-state index contributed by atoms with van der Waals surface area (Å²) in [5.41, 5.74) is 1.70. The molecule has 18 heavy (non-hydrogen) atoms. The first kappa shape index (κ1) is 15.0. The third-order valence-corrected chi connectivity index (χ3v) is 3.98. The first-order chi connectivity index (χ1) is 8.46. The molecule has 0 fully saturated rings. The van der Waals surface area contributed by atoms with E-state index in [0.717, 1.165) is 11.4 Å². The molecule has 0 aromatic carbocycles. The molecule has 1 aromatic heterocycles. The maximum Gasteiger partial charge on any atom is 0.212 e. The largest absolute Gasteiger partial charge is 0.308 e. The summed E-state index contributed by atoms with van der Waals surface area (Å²) in [5, 5.41) is 3.13. The molecule has 1 unspecified atom stereocenters. The molecule has 0 aliphatic carbocycles. The molecular weight excluding hydrogens is 252 g/mol. The fourth-order valence-electron chi connectivity index (χ4n) is 1.64. The molecule has 2 N–H and O–H groups in total. The van der Waals surface area contributed by atoms with Gasteiger partial charge in [0.25, 0.3) is 0 Å². The van der Waals surface area contributed by atoms with Gasteiger partial charge in [-0.3, -0.25) is 9.97 Å². The number of rotatable bonds is 7. The van der Waals surface area contributed by atoms with Crippen molar-refractivity contribution in [2.75, 3.05) is 18.8 Å². The van der Waals surface area contributed by atoms with Crippen molar-refractivity contribution in [2.24, 2.45) is 0 Å². The summed E-state index contributed by atoms with van der Waals surface area (Å²) in [4.78, 5) is 8.39. The molecule has 1 aromatic rings. The van der Waals surface area contributed by atoms with E-state index in [-0.39, 0.29) is 11.8 Å². The smallest absolute Gasteiger partial charge is 0.212 e. The number of nitrogens with one attached hydrogen (secondary N) is 2. The number of hydrogen-bond donors (Lipinski definition) is 2. The van der Waals surface area contributed by atoms with Crippen molar-refractivity contribution >= 4 is 10.0 Å². The van der Waals surface area contributed by atoms with Crippen LogP contribution < -0.4 is 10.0 Å². The molecule has 0 aliphatic rings. The lowest BCUT2D eigenvalue weighted by Crippen LogP contribution is -2.33. The monoisotopic (exact) mass is 272 g/mol. The fourth-order valence-corrected chi connectivity index (χ4v) is 2.61. The summed E-state index contributed by atoms with van der Waals surface area (Å²) in [7, 11) is -3.17. The first-order valence-corrected chi connectivity index (χ1v) is 7.59. The zero-order valence-electron chi connectivity index (χ0n) is 11.0. The second kappa shape index (κ2) is 6.77. The number of aromatic nitrogens is 2. The van der Waals surface area contributed by atoms with Crippen LogP contribution in [0.2, 0.25) is 0 Å². The second-order valence-corrected chi connectivity index (χ2v) is 5.95. The minimum Gasteiger partial charge on any atom is -0.308 e. The molecular formula is C11H20N4O2S. The van der Waals surface area contributed by atoms with Gasteiger partial charge in [-0.15, -0.1) is 0 Å². The lowest BCUT2D eigenvalue weighted by atomic mass is 10.2. The molecule has 0 radical (unpaired) electrons. The minimum absolute atomic E-state index is 0.0180. The molecule has 0 amide bonds. The third-order valence-electron chi connectivity index (χ3n) is 2.51. The summed E-state index contributed by atoms with van der Waals surface area (Å²) in [5.74, 6) is 0.0600. The highest BCUT2D eigenvalue weighted by Crippen LogP contribution is 2.10. The van der Waals surface area contributed by atoms with Gasteiger partial charge in [0.05, 0.1) is 17.1 Å². The Bertz CT molecular complexity index is 476. The van der Waals surface area contributed by atoms with Crippen LogP contribution in [0.4, 0.5) is 0 Å². The molecule has 7 heteroatoms. The zero-order valence-corrected chi connectivity index (χ0v) is 11.8. The number of aryl methyl sites for hydroxylation is 1. The fraction of sp³-hybridized carbons (Fsp3) is 0.636. The molecule has 0 saturated carbocycles. The molecule has 0 bridgehead atoms. The van der Waals surface area contributed by atoms with Gasteiger partial charge in [-0.05, 0) is 13.8 Å². The van der Waals surface area contributed by atoms with E-state index in [0.29, 0.717) is 13.1 Å². The van der Waals surface area contributed by atoms with E-state index < -0.39 is 10.0 Å². The van der Waals surface area contributed by atoms with E-state index in [9.17, 15) is 8.42 Å². The van der Waals surface area contributed by atoms with Gasteiger partial charge in [-0.2, -0.15) is 0 Å². The van der Waals surface area contributed by atoms with Crippen LogP contribution in [-0.2, 0) is 10.0 Å². The van der Waals surface area contributed by atoms with Crippen molar-refractivity contribution in [3.8, 4) is 0 Å². The van der Waals surface area contributed by atoms with Crippen LogP contribution in [0.3, 0.4) is 0 Å². The van der Waals surface area contributed by atoms with Gasteiger partial charge in [-0.25, -0.2) is 13.1 Å². The second-order valence-electron chi connectivity index (χ2n) is 4.02. The van der Waals surface area contributed by atoms with E-state index >= 15 is 0 Å². The van der Waals surface area contributed by atoms with Crippen LogP contribution in [0, 0.1) is 6.92 Å². The van der Waals surface area contributed by atoms with Crippen molar-refractivity contribution in [2.45, 2.75) is 26.8 Å². The average Bonchev–Trinajstić information content (AvgIpc) is 2.29. The van der Waals surface area contributed by atoms with Gasteiger partial charge in [0.1, 0.15) is 0 Å². The summed E-state index contributed by atoms with van der Waals surface area (Å²) in [6.45, 7) is 6.39. The Labute approximate surface area is 108 Å². The Morgan fingerprint density at radius 2 is 2.00 bits per heavy atom. The van der Waals surface area contributed by atoms with E-state index in [2.05, 4.69) is 20.0 Å². The molecule has 0 spiro atoms. The van der Waals surface area contributed by atoms with E-state index in [4.69, 9.17) is 0 Å². The highest BCUT2D eigenvalue weighted by atomic mass is 32.2. The van der Waals surface area contributed by atoms with Crippen molar-refractivity contribution in [3.63, 3.8) is 0 Å². The van der Waals surface area contributed by atoms with Gasteiger partial charge < -0.3 is 5.32 Å². The Balaban J connectivity index is 2.48. The minimum atomic E-state index is -3.17. The van der Waals surface area contributed by atoms with Crippen LogP contribution in [0.15, 0.2) is 12.4 Å². The highest BCUT2D eigenvalue weighted by molar-refractivity contribution is 7.89. The van der Waals surface area contributed by atoms with Crippen LogP contribution in [-0.4, -0.2) is 37.2 Å². The van der Waals surface area contributed by atoms with Crippen LogP contribution >= 0.6 is 0 Å². The van der Waals surface area contributed by atoms with E-state index in [1.807, 2.05) is 13.8 Å². The molecule has 1 atom stereocenters. The van der Waals surface area contributed by atoms with Gasteiger partial charge in [0, 0.05) is 31.5 Å². The van der Waals surface area contributed by atoms with Crippen molar-refractivity contribution in [3.05, 3.63) is 23.8 Å². The van der Waals surface area contributed by atoms with Crippen LogP contribution in [0.25, 0.3) is 0 Å². The van der Waals surface area contributed by atoms with E-state index in [1.165, 1.54) is 0 Å². The molecule has 0 aliphatic heterocycles. The average molecular weight is 272 g/mol. The molecule has 102 valence electrons. The Morgan fingerprint density at radius 3 is 2.61 bits per heavy atom. The first-order valence-electron chi connectivity index (χ1n) is 5.94. The number of hydrogen-bond acceptors (Lipinski definition) is 5. The molecule has 0 saturated heterocycles. The maximum absolute atomic E-state index is 11.4. The lowest BCUT2D eigenvalue weighted by molar-refractivity contribution is 0.555. The number of sulfonamides is 1. The van der Waals surface area contributed by atoms with Crippen LogP contribution in [0.1, 0.15) is 31.3 Å². The normalized spacial score (nSPS) is 13.5. The standard InChI is InChI=1S/C11H20N4O2S/c1-4-15-18(16,17)8-7-13-10(3)11-9(2)12-5-6-14-11/h5-6,10,13,15H,4,7-8H2,1-3H3. The molecule has 1 rings (SSSR count). The van der Waals surface area contributed by atoms with Gasteiger partial charge in [-0.1, -0.05) is 6.92 Å². The molecule has 6 nitrogen and oxygen atoms in total. The lowest BCUT2D eigenvalue weighted by Gasteiger charge is -2.14. The van der Waals surface area contributed by atoms with Crippen LogP contribution in [0.5, 0.6) is 0 Å².